The zero-order chi connectivity index (χ0) is 20.6. The summed E-state index contributed by atoms with van der Waals surface area (Å²) in [5.74, 6) is 0.543. The number of hydrogen-bond acceptors (Lipinski definition) is 4. The lowest BCUT2D eigenvalue weighted by Crippen LogP contribution is -2.48. The van der Waals surface area contributed by atoms with E-state index < -0.39 is 0 Å². The van der Waals surface area contributed by atoms with E-state index in [4.69, 9.17) is 10.5 Å². The van der Waals surface area contributed by atoms with Crippen LogP contribution in [0.1, 0.15) is 38.2 Å². The predicted octanol–water partition coefficient (Wildman–Crippen LogP) is 1.88. The topological polar surface area (TPSA) is 100 Å². The molecule has 1 saturated heterocycles. The van der Waals surface area contributed by atoms with Gasteiger partial charge in [0.25, 0.3) is 0 Å². The van der Waals surface area contributed by atoms with Gasteiger partial charge in [0.2, 0.25) is 5.91 Å². The van der Waals surface area contributed by atoms with E-state index in [1.807, 2.05) is 23.1 Å². The van der Waals surface area contributed by atoms with Gasteiger partial charge in [-0.15, -0.1) is 0 Å². The summed E-state index contributed by atoms with van der Waals surface area (Å²) in [5, 5.41) is 3.22. The molecule has 29 heavy (non-hydrogen) atoms. The number of nitrogens with one attached hydrogen (secondary N) is 1. The molecule has 1 fully saturated rings. The van der Waals surface area contributed by atoms with Crippen molar-refractivity contribution in [3.8, 4) is 0 Å². The first kappa shape index (κ1) is 21.0. The van der Waals surface area contributed by atoms with Crippen molar-refractivity contribution in [3.63, 3.8) is 0 Å². The molecule has 8 heteroatoms. The number of carbonyl (C=O) groups is 2. The number of amides is 2. The second kappa shape index (κ2) is 10.1. The highest BCUT2D eigenvalue weighted by molar-refractivity contribution is 5.95. The Kier molecular flexibility index (Phi) is 7.32. The number of aliphatic imine (C=N–C) groups is 1. The van der Waals surface area contributed by atoms with Crippen LogP contribution in [0.25, 0.3) is 0 Å². The minimum Gasteiger partial charge on any atom is -0.450 e. The summed E-state index contributed by atoms with van der Waals surface area (Å²) >= 11 is 0. The fourth-order valence-corrected chi connectivity index (χ4v) is 3.84. The van der Waals surface area contributed by atoms with Crippen LogP contribution in [0.2, 0.25) is 0 Å². The summed E-state index contributed by atoms with van der Waals surface area (Å²) in [5.41, 5.74) is 8.26. The number of rotatable bonds is 6. The van der Waals surface area contributed by atoms with Gasteiger partial charge in [-0.05, 0) is 44.2 Å². The molecule has 2 aliphatic rings. The minimum absolute atomic E-state index is 0.142. The van der Waals surface area contributed by atoms with Gasteiger partial charge >= 0.3 is 6.09 Å². The number of guanidine groups is 1. The molecule has 0 spiro atoms. The molecule has 0 aromatic heterocycles. The van der Waals surface area contributed by atoms with Crippen LogP contribution in [0.4, 0.5) is 10.5 Å². The highest BCUT2D eigenvalue weighted by Crippen LogP contribution is 2.28. The lowest BCUT2D eigenvalue weighted by molar-refractivity contribution is -0.118. The van der Waals surface area contributed by atoms with Crippen LogP contribution < -0.4 is 16.0 Å². The summed E-state index contributed by atoms with van der Waals surface area (Å²) in [6.45, 7) is 4.77. The number of benzene rings is 1. The Morgan fingerprint density at radius 3 is 2.76 bits per heavy atom. The van der Waals surface area contributed by atoms with E-state index in [2.05, 4.69) is 16.4 Å². The van der Waals surface area contributed by atoms with Gasteiger partial charge in [0, 0.05) is 44.3 Å². The molecule has 2 aliphatic heterocycles. The van der Waals surface area contributed by atoms with Crippen molar-refractivity contribution in [3.05, 3.63) is 29.8 Å². The maximum Gasteiger partial charge on any atom is 0.409 e. The fraction of sp³-hybridized carbons (Fsp3) is 0.571. The van der Waals surface area contributed by atoms with Crippen molar-refractivity contribution in [1.82, 2.24) is 10.2 Å². The van der Waals surface area contributed by atoms with E-state index in [1.54, 1.807) is 11.8 Å². The number of ether oxygens (including phenoxy) is 1. The van der Waals surface area contributed by atoms with Crippen LogP contribution in [0.3, 0.4) is 0 Å². The SMILES string of the molecule is CCOC(=O)N1CCC(NC(N)=NCCCC(=O)N2CCc3ccccc32)CC1. The molecule has 1 aromatic rings. The first-order valence-corrected chi connectivity index (χ1v) is 10.4. The lowest BCUT2D eigenvalue weighted by atomic mass is 10.1. The van der Waals surface area contributed by atoms with Crippen LogP contribution in [0, 0.1) is 0 Å². The maximum absolute atomic E-state index is 12.5. The second-order valence-electron chi connectivity index (χ2n) is 7.40. The normalized spacial score (nSPS) is 17.2. The Bertz CT molecular complexity index is 744. The van der Waals surface area contributed by atoms with Gasteiger partial charge in [-0.1, -0.05) is 18.2 Å². The number of likely N-dealkylation sites (tertiary alicyclic amines) is 1. The largest absolute Gasteiger partial charge is 0.450 e. The van der Waals surface area contributed by atoms with Gasteiger partial charge in [-0.3, -0.25) is 9.79 Å². The summed E-state index contributed by atoms with van der Waals surface area (Å²) in [6, 6.07) is 8.27. The number of para-hydroxylation sites is 1. The van der Waals surface area contributed by atoms with Crippen LogP contribution >= 0.6 is 0 Å². The summed E-state index contributed by atoms with van der Waals surface area (Å²) in [7, 11) is 0. The monoisotopic (exact) mass is 401 g/mol. The van der Waals surface area contributed by atoms with E-state index in [9.17, 15) is 9.59 Å². The molecule has 2 amide bonds. The number of anilines is 1. The minimum atomic E-state index is -0.252. The quantitative estimate of drug-likeness (QED) is 0.431. The Hall–Kier alpha value is -2.77. The van der Waals surface area contributed by atoms with Crippen LogP contribution in [-0.4, -0.2) is 61.7 Å². The fourth-order valence-electron chi connectivity index (χ4n) is 3.84. The van der Waals surface area contributed by atoms with Gasteiger partial charge in [0.15, 0.2) is 5.96 Å². The number of nitrogens with zero attached hydrogens (tertiary/aromatic N) is 3. The van der Waals surface area contributed by atoms with Gasteiger partial charge in [0.1, 0.15) is 0 Å². The smallest absolute Gasteiger partial charge is 0.409 e. The highest BCUT2D eigenvalue weighted by atomic mass is 16.6. The molecular weight excluding hydrogens is 370 g/mol. The highest BCUT2D eigenvalue weighted by Gasteiger charge is 2.24. The van der Waals surface area contributed by atoms with Crippen molar-refractivity contribution in [2.24, 2.45) is 10.7 Å². The molecule has 0 aliphatic carbocycles. The van der Waals surface area contributed by atoms with Crippen LogP contribution in [-0.2, 0) is 16.0 Å². The Balaban J connectivity index is 1.35. The third-order valence-electron chi connectivity index (χ3n) is 5.39. The van der Waals surface area contributed by atoms with E-state index >= 15 is 0 Å². The Morgan fingerprint density at radius 1 is 1.24 bits per heavy atom. The van der Waals surface area contributed by atoms with E-state index in [1.165, 1.54) is 5.56 Å². The average Bonchev–Trinajstić information content (AvgIpc) is 3.16. The molecular formula is C21H31N5O3. The van der Waals surface area contributed by atoms with E-state index in [0.29, 0.717) is 45.0 Å². The zero-order valence-corrected chi connectivity index (χ0v) is 17.1. The first-order valence-electron chi connectivity index (χ1n) is 10.4. The van der Waals surface area contributed by atoms with Crippen molar-refractivity contribution < 1.29 is 14.3 Å². The second-order valence-corrected chi connectivity index (χ2v) is 7.40. The van der Waals surface area contributed by atoms with Gasteiger partial charge in [-0.25, -0.2) is 4.79 Å². The first-order chi connectivity index (χ1) is 14.1. The van der Waals surface area contributed by atoms with Gasteiger partial charge < -0.3 is 25.6 Å². The predicted molar refractivity (Wildman–Crippen MR) is 113 cm³/mol. The van der Waals surface area contributed by atoms with Crippen molar-refractivity contribution in [1.29, 1.82) is 0 Å². The van der Waals surface area contributed by atoms with Crippen LogP contribution in [0.5, 0.6) is 0 Å². The molecule has 0 saturated carbocycles. The molecule has 0 atom stereocenters. The third kappa shape index (κ3) is 5.62. The summed E-state index contributed by atoms with van der Waals surface area (Å²) in [4.78, 5) is 32.2. The van der Waals surface area contributed by atoms with Crippen molar-refractivity contribution in [2.75, 3.05) is 37.7 Å². The maximum atomic E-state index is 12.5. The molecule has 0 unspecified atom stereocenters. The average molecular weight is 402 g/mol. The van der Waals surface area contributed by atoms with Crippen molar-refractivity contribution in [2.45, 2.75) is 45.1 Å². The Labute approximate surface area is 172 Å². The lowest BCUT2D eigenvalue weighted by Gasteiger charge is -2.31. The van der Waals surface area contributed by atoms with E-state index in [-0.39, 0.29) is 18.0 Å². The molecule has 3 N–H and O–H groups in total. The number of hydrogen-bond donors (Lipinski definition) is 2. The van der Waals surface area contributed by atoms with Crippen LogP contribution in [0.15, 0.2) is 29.3 Å². The molecule has 158 valence electrons. The van der Waals surface area contributed by atoms with E-state index in [0.717, 1.165) is 31.5 Å². The molecule has 8 nitrogen and oxygen atoms in total. The third-order valence-corrected chi connectivity index (χ3v) is 5.39. The van der Waals surface area contributed by atoms with Crippen molar-refractivity contribution >= 4 is 23.6 Å². The molecule has 2 heterocycles. The zero-order valence-electron chi connectivity index (χ0n) is 17.1. The molecule has 3 rings (SSSR count). The standard InChI is InChI=1S/C21H31N5O3/c1-2-29-21(28)25-13-10-17(11-14-25)24-20(22)23-12-5-8-19(27)26-15-9-16-6-3-4-7-18(16)26/h3-4,6-7,17H,2,5,8-15H2,1H3,(H3,22,23,24). The summed E-state index contributed by atoms with van der Waals surface area (Å²) < 4.78 is 5.03. The van der Waals surface area contributed by atoms with Gasteiger partial charge in [0.05, 0.1) is 6.61 Å². The Morgan fingerprint density at radius 2 is 2.00 bits per heavy atom. The number of nitrogens with two attached hydrogens (primary N) is 1. The molecule has 0 bridgehead atoms. The number of fused-ring (bicyclic) bond motifs is 1. The number of carbonyl (C=O) groups excluding carboxylic acids is 2. The number of piperidine rings is 1. The summed E-state index contributed by atoms with van der Waals surface area (Å²) in [6.07, 6.45) is 3.41. The molecule has 1 aromatic carbocycles. The van der Waals surface area contributed by atoms with Gasteiger partial charge in [-0.2, -0.15) is 0 Å². The molecule has 0 radical (unpaired) electrons.